The molecule has 5 nitrogen and oxygen atoms in total. The van der Waals surface area contributed by atoms with E-state index in [-0.39, 0.29) is 0 Å². The molecule has 0 saturated carbocycles. The number of nitrogens with zero attached hydrogens (tertiary/aromatic N) is 1. The van der Waals surface area contributed by atoms with Gasteiger partial charge in [-0.05, 0) is 67.8 Å². The highest BCUT2D eigenvalue weighted by molar-refractivity contribution is 5.96. The van der Waals surface area contributed by atoms with Crippen LogP contribution in [-0.2, 0) is 4.74 Å². The number of morpholine rings is 1. The molecule has 5 heteroatoms. The number of anilines is 1. The molecule has 2 unspecified atom stereocenters. The van der Waals surface area contributed by atoms with Gasteiger partial charge < -0.3 is 25.3 Å². The third-order valence-electron chi connectivity index (χ3n) is 6.74. The first-order valence-corrected chi connectivity index (χ1v) is 12.3. The zero-order chi connectivity index (χ0) is 24.1. The van der Waals surface area contributed by atoms with Crippen LogP contribution in [0.25, 0.3) is 22.8 Å². The summed E-state index contributed by atoms with van der Waals surface area (Å²) in [6.07, 6.45) is 4.92. The SMILES string of the molecule is CC1CNCCO1.CNC(C)c1cccc(C2=Cc3c(-c4ccccc4C)c[nH]c3N(C)C2)c1. The van der Waals surface area contributed by atoms with Crippen molar-refractivity contribution in [1.29, 1.82) is 0 Å². The Kier molecular flexibility index (Phi) is 7.88. The quantitative estimate of drug-likeness (QED) is 0.499. The van der Waals surface area contributed by atoms with E-state index in [1.54, 1.807) is 0 Å². The average Bonchev–Trinajstić information content (AvgIpc) is 3.29. The number of hydrogen-bond donors (Lipinski definition) is 3. The van der Waals surface area contributed by atoms with Crippen LogP contribution in [-0.4, -0.2) is 51.4 Å². The number of rotatable bonds is 4. The molecule has 0 bridgehead atoms. The molecule has 0 amide bonds. The van der Waals surface area contributed by atoms with Crippen LogP contribution in [0.3, 0.4) is 0 Å². The van der Waals surface area contributed by atoms with Crippen molar-refractivity contribution in [2.75, 3.05) is 45.2 Å². The highest BCUT2D eigenvalue weighted by Crippen LogP contribution is 2.39. The molecule has 180 valence electrons. The Bertz CT molecular complexity index is 1130. The Morgan fingerprint density at radius 3 is 2.62 bits per heavy atom. The maximum Gasteiger partial charge on any atom is 0.113 e. The monoisotopic (exact) mass is 458 g/mol. The van der Waals surface area contributed by atoms with E-state index >= 15 is 0 Å². The molecular weight excluding hydrogens is 420 g/mol. The lowest BCUT2D eigenvalue weighted by Crippen LogP contribution is -2.36. The van der Waals surface area contributed by atoms with Gasteiger partial charge in [0, 0.05) is 50.0 Å². The number of aromatic nitrogens is 1. The molecule has 34 heavy (non-hydrogen) atoms. The standard InChI is InChI=1S/C24H27N3.C5H11NO/c1-16-8-5-6-11-21(16)23-14-26-24-22(23)13-20(15-27(24)4)19-10-7-9-18(12-19)17(2)25-3;1-5-4-6-2-3-7-5/h5-14,17,25-26H,15H2,1-4H3;5-6H,2-4H2,1H3. The van der Waals surface area contributed by atoms with Crippen molar-refractivity contribution in [3.63, 3.8) is 0 Å². The lowest BCUT2D eigenvalue weighted by Gasteiger charge is -2.26. The summed E-state index contributed by atoms with van der Waals surface area (Å²) in [7, 11) is 4.16. The molecule has 2 atom stereocenters. The van der Waals surface area contributed by atoms with Crippen molar-refractivity contribution in [2.24, 2.45) is 0 Å². The van der Waals surface area contributed by atoms with Crippen molar-refractivity contribution in [3.8, 4) is 11.1 Å². The predicted octanol–water partition coefficient (Wildman–Crippen LogP) is 5.26. The van der Waals surface area contributed by atoms with Crippen LogP contribution in [0, 0.1) is 6.92 Å². The number of aryl methyl sites for hydroxylation is 1. The van der Waals surface area contributed by atoms with Gasteiger partial charge in [-0.25, -0.2) is 0 Å². The van der Waals surface area contributed by atoms with Gasteiger partial charge in [-0.1, -0.05) is 42.5 Å². The fourth-order valence-electron chi connectivity index (χ4n) is 4.58. The summed E-state index contributed by atoms with van der Waals surface area (Å²) < 4.78 is 5.22. The zero-order valence-corrected chi connectivity index (χ0v) is 21.1. The second-order valence-electron chi connectivity index (χ2n) is 9.33. The van der Waals surface area contributed by atoms with E-state index in [4.69, 9.17) is 4.74 Å². The fourth-order valence-corrected chi connectivity index (χ4v) is 4.58. The van der Waals surface area contributed by atoms with Crippen LogP contribution in [0.4, 0.5) is 5.82 Å². The molecule has 5 rings (SSSR count). The van der Waals surface area contributed by atoms with Gasteiger partial charge in [0.25, 0.3) is 0 Å². The summed E-state index contributed by atoms with van der Waals surface area (Å²) in [6, 6.07) is 17.8. The van der Waals surface area contributed by atoms with E-state index in [9.17, 15) is 0 Å². The van der Waals surface area contributed by atoms with Crippen LogP contribution < -0.4 is 15.5 Å². The molecule has 1 saturated heterocycles. The van der Waals surface area contributed by atoms with Crippen LogP contribution in [0.2, 0.25) is 0 Å². The van der Waals surface area contributed by atoms with Gasteiger partial charge >= 0.3 is 0 Å². The van der Waals surface area contributed by atoms with Gasteiger partial charge in [0.1, 0.15) is 5.82 Å². The third-order valence-corrected chi connectivity index (χ3v) is 6.74. The zero-order valence-electron chi connectivity index (χ0n) is 21.1. The number of H-pyrrole nitrogens is 1. The molecular formula is C29H38N4O. The largest absolute Gasteiger partial charge is 0.376 e. The molecule has 3 aromatic rings. The maximum atomic E-state index is 5.22. The van der Waals surface area contributed by atoms with Crippen molar-refractivity contribution in [3.05, 3.63) is 77.0 Å². The number of hydrogen-bond acceptors (Lipinski definition) is 4. The van der Waals surface area contributed by atoms with E-state index in [0.29, 0.717) is 12.1 Å². The van der Waals surface area contributed by atoms with Gasteiger partial charge in [0.05, 0.1) is 12.7 Å². The van der Waals surface area contributed by atoms with E-state index in [1.807, 2.05) is 7.05 Å². The molecule has 1 fully saturated rings. The minimum absolute atomic E-state index is 0.345. The van der Waals surface area contributed by atoms with Gasteiger partial charge in [0.2, 0.25) is 0 Å². The van der Waals surface area contributed by atoms with Crippen LogP contribution >= 0.6 is 0 Å². The Labute approximate surface area is 204 Å². The van der Waals surface area contributed by atoms with Crippen LogP contribution in [0.1, 0.15) is 42.1 Å². The molecule has 0 radical (unpaired) electrons. The second-order valence-corrected chi connectivity index (χ2v) is 9.33. The van der Waals surface area contributed by atoms with Crippen molar-refractivity contribution >= 4 is 17.5 Å². The van der Waals surface area contributed by atoms with Gasteiger partial charge in [0.15, 0.2) is 0 Å². The Morgan fingerprint density at radius 1 is 1.12 bits per heavy atom. The molecule has 0 aliphatic carbocycles. The van der Waals surface area contributed by atoms with Crippen molar-refractivity contribution in [2.45, 2.75) is 32.9 Å². The number of likely N-dealkylation sites (N-methyl/N-ethyl adjacent to an activating group) is 1. The number of benzene rings is 2. The number of ether oxygens (including phenoxy) is 1. The van der Waals surface area contributed by atoms with E-state index in [2.05, 4.69) is 109 Å². The molecule has 3 N–H and O–H groups in total. The molecule has 0 spiro atoms. The minimum atomic E-state index is 0.345. The first kappa shape index (κ1) is 24.3. The lowest BCUT2D eigenvalue weighted by atomic mass is 9.93. The molecule has 2 aliphatic rings. The minimum Gasteiger partial charge on any atom is -0.376 e. The molecule has 2 aliphatic heterocycles. The summed E-state index contributed by atoms with van der Waals surface area (Å²) >= 11 is 0. The third kappa shape index (κ3) is 5.44. The Balaban J connectivity index is 0.000000336. The summed E-state index contributed by atoms with van der Waals surface area (Å²) in [4.78, 5) is 5.79. The summed E-state index contributed by atoms with van der Waals surface area (Å²) in [6.45, 7) is 10.3. The highest BCUT2D eigenvalue weighted by atomic mass is 16.5. The summed E-state index contributed by atoms with van der Waals surface area (Å²) in [5, 5.41) is 6.54. The topological polar surface area (TPSA) is 52.3 Å². The number of fused-ring (bicyclic) bond motifs is 1. The normalized spacial score (nSPS) is 18.4. The number of nitrogens with one attached hydrogen (secondary N) is 3. The molecule has 3 heterocycles. The molecule has 2 aromatic carbocycles. The summed E-state index contributed by atoms with van der Waals surface area (Å²) in [5.41, 5.74) is 9.10. The Morgan fingerprint density at radius 2 is 1.94 bits per heavy atom. The fraction of sp³-hybridized carbons (Fsp3) is 0.379. The van der Waals surface area contributed by atoms with E-state index in [0.717, 1.165) is 26.2 Å². The predicted molar refractivity (Wildman–Crippen MR) is 144 cm³/mol. The van der Waals surface area contributed by atoms with E-state index in [1.165, 1.54) is 44.8 Å². The lowest BCUT2D eigenvalue weighted by molar-refractivity contribution is 0.0410. The van der Waals surface area contributed by atoms with Gasteiger partial charge in [-0.2, -0.15) is 0 Å². The molecule has 1 aromatic heterocycles. The highest BCUT2D eigenvalue weighted by Gasteiger charge is 2.22. The summed E-state index contributed by atoms with van der Waals surface area (Å²) in [5.74, 6) is 1.19. The second kappa shape index (κ2) is 11.0. The van der Waals surface area contributed by atoms with Crippen LogP contribution in [0.5, 0.6) is 0 Å². The maximum absolute atomic E-state index is 5.22. The number of aromatic amines is 1. The average molecular weight is 459 g/mol. The first-order valence-electron chi connectivity index (χ1n) is 12.3. The van der Waals surface area contributed by atoms with Crippen LogP contribution in [0.15, 0.2) is 54.7 Å². The smallest absolute Gasteiger partial charge is 0.113 e. The first-order chi connectivity index (χ1) is 16.5. The van der Waals surface area contributed by atoms with Gasteiger partial charge in [-0.15, -0.1) is 0 Å². The van der Waals surface area contributed by atoms with Crippen molar-refractivity contribution in [1.82, 2.24) is 15.6 Å². The van der Waals surface area contributed by atoms with Gasteiger partial charge in [-0.3, -0.25) is 0 Å². The van der Waals surface area contributed by atoms with E-state index < -0.39 is 0 Å². The Hall–Kier alpha value is -2.86. The van der Waals surface area contributed by atoms with Crippen molar-refractivity contribution < 1.29 is 4.74 Å².